The molecule has 7 heteroatoms. The predicted molar refractivity (Wildman–Crippen MR) is 95.8 cm³/mol. The van der Waals surface area contributed by atoms with Gasteiger partial charge in [-0.15, -0.1) is 5.92 Å². The molecule has 0 bridgehead atoms. The van der Waals surface area contributed by atoms with E-state index in [1.54, 1.807) is 19.1 Å². The van der Waals surface area contributed by atoms with E-state index in [0.29, 0.717) is 18.7 Å². The van der Waals surface area contributed by atoms with Crippen molar-refractivity contribution in [2.75, 3.05) is 39.3 Å². The molecule has 0 radical (unpaired) electrons. The lowest BCUT2D eigenvalue weighted by Crippen LogP contribution is -2.51. The second-order valence-electron chi connectivity index (χ2n) is 6.49. The molecule has 1 unspecified atom stereocenters. The molecule has 140 valence electrons. The molecule has 0 aromatic heterocycles. The summed E-state index contributed by atoms with van der Waals surface area (Å²) >= 11 is 0. The first-order valence-corrected chi connectivity index (χ1v) is 8.82. The van der Waals surface area contributed by atoms with Crippen LogP contribution in [0.2, 0.25) is 0 Å². The minimum absolute atomic E-state index is 0.193. The number of nitrogens with one attached hydrogen (secondary N) is 1. The summed E-state index contributed by atoms with van der Waals surface area (Å²) in [4.78, 5) is 9.05. The van der Waals surface area contributed by atoms with Crippen LogP contribution in [0.5, 0.6) is 0 Å². The van der Waals surface area contributed by atoms with Gasteiger partial charge in [-0.3, -0.25) is 0 Å². The second kappa shape index (κ2) is 8.00. The van der Waals surface area contributed by atoms with E-state index >= 15 is 0 Å². The molecule has 1 N–H and O–H groups in total. The molecule has 0 saturated carbocycles. The molecule has 2 aliphatic rings. The van der Waals surface area contributed by atoms with Crippen molar-refractivity contribution in [1.29, 1.82) is 0 Å². The van der Waals surface area contributed by atoms with Crippen molar-refractivity contribution in [3.05, 3.63) is 35.4 Å². The molecular formula is C19H23F3N4. The van der Waals surface area contributed by atoms with Crippen molar-refractivity contribution in [2.45, 2.75) is 25.6 Å². The van der Waals surface area contributed by atoms with Crippen molar-refractivity contribution in [2.24, 2.45) is 4.99 Å². The van der Waals surface area contributed by atoms with Gasteiger partial charge in [-0.05, 0) is 25.0 Å². The molecular weight excluding hydrogens is 341 g/mol. The Hall–Kier alpha value is -2.20. The molecule has 1 fully saturated rings. The van der Waals surface area contributed by atoms with Gasteiger partial charge < -0.3 is 15.1 Å². The highest BCUT2D eigenvalue weighted by Gasteiger charge is 2.35. The fourth-order valence-electron chi connectivity index (χ4n) is 3.42. The number of hydrogen-bond donors (Lipinski definition) is 1. The van der Waals surface area contributed by atoms with Crippen LogP contribution in [0.3, 0.4) is 0 Å². The summed E-state index contributed by atoms with van der Waals surface area (Å²) in [6.07, 6.45) is -4.06. The highest BCUT2D eigenvalue weighted by atomic mass is 19.4. The van der Waals surface area contributed by atoms with Crippen molar-refractivity contribution in [1.82, 2.24) is 15.1 Å². The van der Waals surface area contributed by atoms with Gasteiger partial charge in [0.25, 0.3) is 0 Å². The molecule has 0 aliphatic carbocycles. The maximum atomic E-state index is 13.3. The van der Waals surface area contributed by atoms with E-state index < -0.39 is 11.7 Å². The van der Waals surface area contributed by atoms with Gasteiger partial charge in [-0.2, -0.15) is 13.2 Å². The molecule has 26 heavy (non-hydrogen) atoms. The van der Waals surface area contributed by atoms with Crippen LogP contribution in [0, 0.1) is 11.8 Å². The van der Waals surface area contributed by atoms with Gasteiger partial charge in [0.05, 0.1) is 18.2 Å². The minimum atomic E-state index is -4.34. The lowest BCUT2D eigenvalue weighted by atomic mass is 10.00. The average Bonchev–Trinajstić information content (AvgIpc) is 3.03. The third-order valence-corrected chi connectivity index (χ3v) is 4.64. The van der Waals surface area contributed by atoms with Crippen LogP contribution >= 0.6 is 0 Å². The molecule has 2 aliphatic heterocycles. The first-order chi connectivity index (χ1) is 12.5. The summed E-state index contributed by atoms with van der Waals surface area (Å²) in [7, 11) is 0. The lowest BCUT2D eigenvalue weighted by Gasteiger charge is -2.33. The summed E-state index contributed by atoms with van der Waals surface area (Å²) in [6, 6.07) is 5.59. The third kappa shape index (κ3) is 4.31. The van der Waals surface area contributed by atoms with E-state index in [1.807, 2.05) is 0 Å². The van der Waals surface area contributed by atoms with Gasteiger partial charge in [0.15, 0.2) is 5.96 Å². The molecule has 1 aromatic carbocycles. The lowest BCUT2D eigenvalue weighted by molar-refractivity contribution is -0.138. The van der Waals surface area contributed by atoms with Crippen molar-refractivity contribution in [3.8, 4) is 11.8 Å². The Bertz CT molecular complexity index is 711. The maximum Gasteiger partial charge on any atom is 0.416 e. The van der Waals surface area contributed by atoms with Crippen molar-refractivity contribution >= 4 is 5.96 Å². The van der Waals surface area contributed by atoms with Gasteiger partial charge >= 0.3 is 6.18 Å². The minimum Gasteiger partial charge on any atom is -0.340 e. The number of rotatable bonds is 3. The number of piperazine rings is 1. The zero-order valence-electron chi connectivity index (χ0n) is 14.8. The van der Waals surface area contributed by atoms with Gasteiger partial charge in [0.2, 0.25) is 0 Å². The number of halogens is 3. The van der Waals surface area contributed by atoms with Gasteiger partial charge in [0.1, 0.15) is 0 Å². The fraction of sp³-hybridized carbons (Fsp3) is 0.526. The monoisotopic (exact) mass is 364 g/mol. The number of guanidine groups is 1. The Labute approximate surface area is 152 Å². The molecule has 1 atom stereocenters. The normalized spacial score (nSPS) is 20.6. The Morgan fingerprint density at radius 3 is 2.65 bits per heavy atom. The zero-order chi connectivity index (χ0) is 18.6. The van der Waals surface area contributed by atoms with Crippen LogP contribution in [0.1, 0.15) is 18.1 Å². The first kappa shape index (κ1) is 18.6. The highest BCUT2D eigenvalue weighted by molar-refractivity contribution is 5.82. The Morgan fingerprint density at radius 1 is 1.23 bits per heavy atom. The number of nitrogens with zero attached hydrogens (tertiary/aromatic N) is 3. The predicted octanol–water partition coefficient (Wildman–Crippen LogP) is 2.22. The highest BCUT2D eigenvalue weighted by Crippen LogP contribution is 2.33. The van der Waals surface area contributed by atoms with E-state index in [4.69, 9.17) is 4.99 Å². The molecule has 3 rings (SSSR count). The average molecular weight is 364 g/mol. The largest absolute Gasteiger partial charge is 0.416 e. The standard InChI is InChI=1S/C19H23F3N4/c1-2-3-10-26-14-16(24-18(26)25-11-8-23-9-12-25)13-15-6-4-5-7-17(15)19(20,21)22/h4-7,16,23H,8-14H2,1H3. The van der Waals surface area contributed by atoms with E-state index in [0.717, 1.165) is 38.2 Å². The van der Waals surface area contributed by atoms with E-state index in [9.17, 15) is 13.2 Å². The summed E-state index contributed by atoms with van der Waals surface area (Å²) in [6.45, 7) is 6.40. The van der Waals surface area contributed by atoms with E-state index in [2.05, 4.69) is 27.0 Å². The summed E-state index contributed by atoms with van der Waals surface area (Å²) in [5.74, 6) is 6.80. The van der Waals surface area contributed by atoms with Crippen LogP contribution in [-0.2, 0) is 12.6 Å². The quantitative estimate of drug-likeness (QED) is 0.835. The van der Waals surface area contributed by atoms with Crippen LogP contribution in [0.25, 0.3) is 0 Å². The van der Waals surface area contributed by atoms with Crippen LogP contribution in [0.4, 0.5) is 13.2 Å². The van der Waals surface area contributed by atoms with Crippen LogP contribution in [0.15, 0.2) is 29.3 Å². The second-order valence-corrected chi connectivity index (χ2v) is 6.49. The molecule has 0 amide bonds. The topological polar surface area (TPSA) is 30.9 Å². The van der Waals surface area contributed by atoms with Crippen LogP contribution in [-0.4, -0.2) is 61.1 Å². The molecule has 0 spiro atoms. The zero-order valence-corrected chi connectivity index (χ0v) is 14.8. The third-order valence-electron chi connectivity index (χ3n) is 4.64. The molecule has 1 saturated heterocycles. The molecule has 1 aromatic rings. The Balaban J connectivity index is 1.80. The van der Waals surface area contributed by atoms with Crippen LogP contribution < -0.4 is 5.32 Å². The van der Waals surface area contributed by atoms with Gasteiger partial charge in [-0.1, -0.05) is 24.1 Å². The Morgan fingerprint density at radius 2 is 1.96 bits per heavy atom. The van der Waals surface area contributed by atoms with E-state index in [-0.39, 0.29) is 12.5 Å². The Kier molecular flexibility index (Phi) is 5.72. The summed E-state index contributed by atoms with van der Waals surface area (Å²) in [5.41, 5.74) is -0.262. The van der Waals surface area contributed by atoms with Crippen molar-refractivity contribution in [3.63, 3.8) is 0 Å². The fourth-order valence-corrected chi connectivity index (χ4v) is 3.42. The molecule has 2 heterocycles. The first-order valence-electron chi connectivity index (χ1n) is 8.82. The van der Waals surface area contributed by atoms with Gasteiger partial charge in [-0.25, -0.2) is 4.99 Å². The number of aliphatic imine (C=N–C) groups is 1. The number of benzene rings is 1. The number of alkyl halides is 3. The SMILES string of the molecule is CC#CCN1CC(Cc2ccccc2C(F)(F)F)N=C1N1CCNCC1. The smallest absolute Gasteiger partial charge is 0.340 e. The van der Waals surface area contributed by atoms with Crippen molar-refractivity contribution < 1.29 is 13.2 Å². The molecule has 4 nitrogen and oxygen atoms in total. The summed E-state index contributed by atoms with van der Waals surface area (Å²) in [5, 5.41) is 3.30. The summed E-state index contributed by atoms with van der Waals surface area (Å²) < 4.78 is 39.8. The maximum absolute atomic E-state index is 13.3. The van der Waals surface area contributed by atoms with E-state index in [1.165, 1.54) is 6.07 Å². The number of hydrogen-bond acceptors (Lipinski definition) is 4. The van der Waals surface area contributed by atoms with Gasteiger partial charge in [0, 0.05) is 32.7 Å².